The topological polar surface area (TPSA) is 39.2 Å². The zero-order chi connectivity index (χ0) is 15.5. The van der Waals surface area contributed by atoms with Crippen LogP contribution in [-0.2, 0) is 10.9 Å². The molecule has 21 heavy (non-hydrogen) atoms. The van der Waals surface area contributed by atoms with Gasteiger partial charge in [-0.2, -0.15) is 13.2 Å². The van der Waals surface area contributed by atoms with E-state index in [1.165, 1.54) is 36.7 Å². The number of hydrogen-bond acceptors (Lipinski definition) is 3. The van der Waals surface area contributed by atoms with E-state index in [4.69, 9.17) is 4.74 Å². The fourth-order valence-corrected chi connectivity index (χ4v) is 1.99. The minimum atomic E-state index is -4.58. The Balaban J connectivity index is 2.70. The number of carbonyl (C=O) groups is 1. The summed E-state index contributed by atoms with van der Waals surface area (Å²) in [5.74, 6) is -0.789. The Labute approximate surface area is 119 Å². The van der Waals surface area contributed by atoms with Crippen molar-refractivity contribution in [1.82, 2.24) is 4.98 Å². The molecule has 0 aliphatic heterocycles. The molecule has 0 unspecified atom stereocenters. The zero-order valence-electron chi connectivity index (χ0n) is 11.1. The largest absolute Gasteiger partial charge is 0.462 e. The van der Waals surface area contributed by atoms with Crippen molar-refractivity contribution in [3.63, 3.8) is 0 Å². The molecule has 110 valence electrons. The van der Waals surface area contributed by atoms with Crippen LogP contribution >= 0.6 is 0 Å². The summed E-state index contributed by atoms with van der Waals surface area (Å²) in [6, 6.07) is 6.42. The second-order valence-corrected chi connectivity index (χ2v) is 4.19. The lowest BCUT2D eigenvalue weighted by molar-refractivity contribution is -0.137. The molecule has 0 atom stereocenters. The molecule has 0 aliphatic carbocycles. The highest BCUT2D eigenvalue weighted by Gasteiger charge is 2.35. The van der Waals surface area contributed by atoms with Crippen LogP contribution in [0.2, 0.25) is 0 Å². The predicted molar refractivity (Wildman–Crippen MR) is 70.6 cm³/mol. The number of esters is 1. The SMILES string of the molecule is CCOC(=O)c1cccc(C(F)(F)F)c1-c1cccnc1. The van der Waals surface area contributed by atoms with E-state index in [0.717, 1.165) is 6.07 Å². The number of hydrogen-bond donors (Lipinski definition) is 0. The summed E-state index contributed by atoms with van der Waals surface area (Å²) in [6.07, 6.45) is -1.84. The van der Waals surface area contributed by atoms with E-state index in [9.17, 15) is 18.0 Å². The van der Waals surface area contributed by atoms with Crippen LogP contribution in [0.1, 0.15) is 22.8 Å². The second kappa shape index (κ2) is 5.95. The van der Waals surface area contributed by atoms with E-state index in [1.807, 2.05) is 0 Å². The van der Waals surface area contributed by atoms with Crippen molar-refractivity contribution in [1.29, 1.82) is 0 Å². The summed E-state index contributed by atoms with van der Waals surface area (Å²) >= 11 is 0. The average molecular weight is 295 g/mol. The Hall–Kier alpha value is -2.37. The van der Waals surface area contributed by atoms with Crippen LogP contribution in [0.4, 0.5) is 13.2 Å². The summed E-state index contributed by atoms with van der Waals surface area (Å²) in [6.45, 7) is 1.68. The monoisotopic (exact) mass is 295 g/mol. The summed E-state index contributed by atoms with van der Waals surface area (Å²) < 4.78 is 44.4. The Morgan fingerprint density at radius 3 is 2.57 bits per heavy atom. The van der Waals surface area contributed by atoms with E-state index in [2.05, 4.69) is 4.98 Å². The first kappa shape index (κ1) is 15.0. The maximum atomic E-state index is 13.2. The molecular weight excluding hydrogens is 283 g/mol. The number of alkyl halides is 3. The smallest absolute Gasteiger partial charge is 0.417 e. The molecular formula is C15H12F3NO2. The lowest BCUT2D eigenvalue weighted by atomic mass is 9.95. The molecule has 0 N–H and O–H groups in total. The van der Waals surface area contributed by atoms with Crippen molar-refractivity contribution in [3.8, 4) is 11.1 Å². The van der Waals surface area contributed by atoms with Crippen molar-refractivity contribution in [2.24, 2.45) is 0 Å². The minimum absolute atomic E-state index is 0.0849. The second-order valence-electron chi connectivity index (χ2n) is 4.19. The molecule has 1 aromatic carbocycles. The van der Waals surface area contributed by atoms with E-state index < -0.39 is 17.7 Å². The van der Waals surface area contributed by atoms with Gasteiger partial charge in [-0.15, -0.1) is 0 Å². The highest BCUT2D eigenvalue weighted by Crippen LogP contribution is 2.38. The van der Waals surface area contributed by atoms with Gasteiger partial charge in [-0.05, 0) is 25.1 Å². The van der Waals surface area contributed by atoms with Gasteiger partial charge in [-0.3, -0.25) is 4.98 Å². The number of rotatable bonds is 3. The van der Waals surface area contributed by atoms with Crippen LogP contribution < -0.4 is 0 Å². The van der Waals surface area contributed by atoms with Gasteiger partial charge in [0.25, 0.3) is 0 Å². The maximum absolute atomic E-state index is 13.2. The first-order valence-electron chi connectivity index (χ1n) is 6.23. The zero-order valence-corrected chi connectivity index (χ0v) is 11.1. The number of benzene rings is 1. The maximum Gasteiger partial charge on any atom is 0.417 e. The van der Waals surface area contributed by atoms with E-state index >= 15 is 0 Å². The van der Waals surface area contributed by atoms with Gasteiger partial charge in [0.1, 0.15) is 0 Å². The molecule has 0 bridgehead atoms. The Morgan fingerprint density at radius 1 is 1.24 bits per heavy atom. The number of pyridine rings is 1. The first-order valence-corrected chi connectivity index (χ1v) is 6.23. The van der Waals surface area contributed by atoms with Crippen molar-refractivity contribution in [2.45, 2.75) is 13.1 Å². The number of ether oxygens (including phenoxy) is 1. The van der Waals surface area contributed by atoms with E-state index in [1.54, 1.807) is 6.92 Å². The lowest BCUT2D eigenvalue weighted by Gasteiger charge is -2.16. The molecule has 0 aliphatic rings. The molecule has 0 saturated heterocycles. The summed E-state index contributed by atoms with van der Waals surface area (Å²) in [4.78, 5) is 15.7. The molecule has 0 saturated carbocycles. The normalized spacial score (nSPS) is 11.2. The van der Waals surface area contributed by atoms with Crippen LogP contribution in [0.3, 0.4) is 0 Å². The van der Waals surface area contributed by atoms with E-state index in [-0.39, 0.29) is 23.3 Å². The molecule has 0 spiro atoms. The number of nitrogens with zero attached hydrogens (tertiary/aromatic N) is 1. The van der Waals surface area contributed by atoms with Crippen molar-refractivity contribution >= 4 is 5.97 Å². The number of aromatic nitrogens is 1. The van der Waals surface area contributed by atoms with Crippen LogP contribution in [0.25, 0.3) is 11.1 Å². The summed E-state index contributed by atoms with van der Waals surface area (Å²) in [7, 11) is 0. The molecule has 6 heteroatoms. The lowest BCUT2D eigenvalue weighted by Crippen LogP contribution is -2.13. The molecule has 1 heterocycles. The molecule has 1 aromatic heterocycles. The van der Waals surface area contributed by atoms with Crippen molar-refractivity contribution in [2.75, 3.05) is 6.61 Å². The quantitative estimate of drug-likeness (QED) is 0.805. The Kier molecular flexibility index (Phi) is 4.26. The van der Waals surface area contributed by atoms with Crippen LogP contribution in [0.15, 0.2) is 42.7 Å². The molecule has 0 radical (unpaired) electrons. The van der Waals surface area contributed by atoms with Crippen LogP contribution in [-0.4, -0.2) is 17.6 Å². The van der Waals surface area contributed by atoms with Gasteiger partial charge >= 0.3 is 12.1 Å². The van der Waals surface area contributed by atoms with Gasteiger partial charge in [-0.1, -0.05) is 12.1 Å². The third-order valence-corrected chi connectivity index (χ3v) is 2.82. The van der Waals surface area contributed by atoms with Crippen LogP contribution in [0.5, 0.6) is 0 Å². The third kappa shape index (κ3) is 3.21. The number of carbonyl (C=O) groups excluding carboxylic acids is 1. The molecule has 2 rings (SSSR count). The average Bonchev–Trinajstić information content (AvgIpc) is 2.46. The number of halogens is 3. The van der Waals surface area contributed by atoms with Gasteiger partial charge < -0.3 is 4.74 Å². The predicted octanol–water partition coefficient (Wildman–Crippen LogP) is 3.94. The van der Waals surface area contributed by atoms with Gasteiger partial charge in [0, 0.05) is 23.5 Å². The molecule has 0 amide bonds. The van der Waals surface area contributed by atoms with Gasteiger partial charge in [0.2, 0.25) is 0 Å². The molecule has 0 fully saturated rings. The Morgan fingerprint density at radius 2 is 2.00 bits per heavy atom. The van der Waals surface area contributed by atoms with E-state index in [0.29, 0.717) is 0 Å². The van der Waals surface area contributed by atoms with Gasteiger partial charge in [0.05, 0.1) is 17.7 Å². The minimum Gasteiger partial charge on any atom is -0.462 e. The fraction of sp³-hybridized carbons (Fsp3) is 0.200. The van der Waals surface area contributed by atoms with Gasteiger partial charge in [0.15, 0.2) is 0 Å². The van der Waals surface area contributed by atoms with Crippen molar-refractivity contribution < 1.29 is 22.7 Å². The van der Waals surface area contributed by atoms with Gasteiger partial charge in [-0.25, -0.2) is 4.79 Å². The van der Waals surface area contributed by atoms with Crippen LogP contribution in [0, 0.1) is 0 Å². The fourth-order valence-electron chi connectivity index (χ4n) is 1.99. The first-order chi connectivity index (χ1) is 9.95. The summed E-state index contributed by atoms with van der Waals surface area (Å²) in [5.41, 5.74) is -1.01. The Bertz CT molecular complexity index is 639. The highest BCUT2D eigenvalue weighted by atomic mass is 19.4. The highest BCUT2D eigenvalue weighted by molar-refractivity contribution is 5.98. The van der Waals surface area contributed by atoms with Crippen molar-refractivity contribution in [3.05, 3.63) is 53.9 Å². The summed E-state index contributed by atoms with van der Waals surface area (Å²) in [5, 5.41) is 0. The molecule has 2 aromatic rings. The molecule has 3 nitrogen and oxygen atoms in total. The standard InChI is InChI=1S/C15H12F3NO2/c1-2-21-14(20)11-6-3-7-12(15(16,17)18)13(11)10-5-4-8-19-9-10/h3-9H,2H2,1H3. The third-order valence-electron chi connectivity index (χ3n) is 2.82.